The molecule has 1 aliphatic carbocycles. The van der Waals surface area contributed by atoms with Crippen molar-refractivity contribution < 1.29 is 9.72 Å². The van der Waals surface area contributed by atoms with Crippen LogP contribution in [0.2, 0.25) is 0 Å². The summed E-state index contributed by atoms with van der Waals surface area (Å²) < 4.78 is 0. The van der Waals surface area contributed by atoms with Gasteiger partial charge in [0.05, 0.1) is 4.92 Å². The van der Waals surface area contributed by atoms with Gasteiger partial charge in [0.2, 0.25) is 0 Å². The Morgan fingerprint density at radius 1 is 1.45 bits per heavy atom. The molecule has 1 amide bonds. The van der Waals surface area contributed by atoms with E-state index in [-0.39, 0.29) is 17.3 Å². The van der Waals surface area contributed by atoms with Crippen molar-refractivity contribution in [1.82, 2.24) is 4.90 Å². The SMILES string of the molecule is NNc1ccc(C(=O)N2CC3CCC2C3)cc1[N+](=O)[O-]. The molecule has 1 saturated heterocycles. The number of rotatable bonds is 3. The molecular formula is C13H16N4O3. The molecule has 7 heteroatoms. The predicted molar refractivity (Wildman–Crippen MR) is 73.1 cm³/mol. The highest BCUT2D eigenvalue weighted by Crippen LogP contribution is 2.38. The molecule has 2 aliphatic rings. The van der Waals surface area contributed by atoms with Crippen molar-refractivity contribution in [3.8, 4) is 0 Å². The van der Waals surface area contributed by atoms with Gasteiger partial charge in [0.25, 0.3) is 11.6 Å². The fourth-order valence-corrected chi connectivity index (χ4v) is 3.28. The molecule has 20 heavy (non-hydrogen) atoms. The Labute approximate surface area is 115 Å². The van der Waals surface area contributed by atoms with E-state index in [9.17, 15) is 14.9 Å². The lowest BCUT2D eigenvalue weighted by Crippen LogP contribution is -2.37. The van der Waals surface area contributed by atoms with Crippen LogP contribution in [0.15, 0.2) is 18.2 Å². The number of nitro benzene ring substituents is 1. The second-order valence-corrected chi connectivity index (χ2v) is 5.42. The third kappa shape index (κ3) is 2.00. The number of amides is 1. The fourth-order valence-electron chi connectivity index (χ4n) is 3.28. The minimum absolute atomic E-state index is 0.121. The summed E-state index contributed by atoms with van der Waals surface area (Å²) in [7, 11) is 0. The monoisotopic (exact) mass is 276 g/mol. The topological polar surface area (TPSA) is 102 Å². The Bertz CT molecular complexity index is 575. The standard InChI is InChI=1S/C13H16N4O3/c14-15-11-4-2-9(6-12(11)17(19)20)13(18)16-7-8-1-3-10(16)5-8/h2,4,6,8,10,15H,1,3,5,7,14H2. The maximum atomic E-state index is 12.5. The Morgan fingerprint density at radius 2 is 2.25 bits per heavy atom. The van der Waals surface area contributed by atoms with Gasteiger partial charge in [-0.25, -0.2) is 0 Å². The van der Waals surface area contributed by atoms with Crippen LogP contribution >= 0.6 is 0 Å². The number of carbonyl (C=O) groups is 1. The fraction of sp³-hybridized carbons (Fsp3) is 0.462. The van der Waals surface area contributed by atoms with E-state index in [1.807, 2.05) is 4.90 Å². The highest BCUT2D eigenvalue weighted by atomic mass is 16.6. The summed E-state index contributed by atoms with van der Waals surface area (Å²) in [6, 6.07) is 4.65. The van der Waals surface area contributed by atoms with Gasteiger partial charge in [0.1, 0.15) is 5.69 Å². The van der Waals surface area contributed by atoms with Crippen LogP contribution in [0.1, 0.15) is 29.6 Å². The van der Waals surface area contributed by atoms with Crippen molar-refractivity contribution in [1.29, 1.82) is 0 Å². The summed E-state index contributed by atoms with van der Waals surface area (Å²) >= 11 is 0. The minimum atomic E-state index is -0.540. The summed E-state index contributed by atoms with van der Waals surface area (Å²) in [5, 5.41) is 11.0. The van der Waals surface area contributed by atoms with Crippen molar-refractivity contribution in [3.05, 3.63) is 33.9 Å². The van der Waals surface area contributed by atoms with E-state index in [1.165, 1.54) is 18.6 Å². The second kappa shape index (κ2) is 4.75. The van der Waals surface area contributed by atoms with Crippen molar-refractivity contribution in [2.24, 2.45) is 11.8 Å². The molecule has 7 nitrogen and oxygen atoms in total. The van der Waals surface area contributed by atoms with Gasteiger partial charge in [-0.15, -0.1) is 0 Å². The highest BCUT2D eigenvalue weighted by molar-refractivity contribution is 5.96. The third-order valence-electron chi connectivity index (χ3n) is 4.27. The van der Waals surface area contributed by atoms with Crippen LogP contribution < -0.4 is 11.3 Å². The number of benzene rings is 1. The van der Waals surface area contributed by atoms with Crippen LogP contribution in [0.25, 0.3) is 0 Å². The summed E-state index contributed by atoms with van der Waals surface area (Å²) in [4.78, 5) is 24.8. The lowest BCUT2D eigenvalue weighted by Gasteiger charge is -2.27. The lowest BCUT2D eigenvalue weighted by atomic mass is 10.1. The molecule has 106 valence electrons. The van der Waals surface area contributed by atoms with Gasteiger partial charge >= 0.3 is 0 Å². The van der Waals surface area contributed by atoms with Crippen LogP contribution in [-0.4, -0.2) is 28.3 Å². The van der Waals surface area contributed by atoms with Crippen LogP contribution in [0.5, 0.6) is 0 Å². The third-order valence-corrected chi connectivity index (χ3v) is 4.27. The number of nitro groups is 1. The van der Waals surface area contributed by atoms with Crippen molar-refractivity contribution in [2.45, 2.75) is 25.3 Å². The largest absolute Gasteiger partial charge is 0.335 e. The average Bonchev–Trinajstić information content (AvgIpc) is 3.08. The number of nitrogen functional groups attached to an aromatic ring is 1. The van der Waals surface area contributed by atoms with Gasteiger partial charge in [0, 0.05) is 24.2 Å². The molecular weight excluding hydrogens is 260 g/mol. The molecule has 1 aromatic carbocycles. The molecule has 2 unspecified atom stereocenters. The molecule has 0 radical (unpaired) electrons. The molecule has 3 rings (SSSR count). The zero-order valence-corrected chi connectivity index (χ0v) is 10.9. The Kier molecular flexibility index (Phi) is 3.06. The molecule has 0 aromatic heterocycles. The van der Waals surface area contributed by atoms with Crippen LogP contribution in [0.4, 0.5) is 11.4 Å². The van der Waals surface area contributed by atoms with Gasteiger partial charge in [0.15, 0.2) is 0 Å². The van der Waals surface area contributed by atoms with E-state index < -0.39 is 4.92 Å². The number of carbonyl (C=O) groups excluding carboxylic acids is 1. The van der Waals surface area contributed by atoms with Crippen LogP contribution in [-0.2, 0) is 0 Å². The van der Waals surface area contributed by atoms with Crippen molar-refractivity contribution in [2.75, 3.05) is 12.0 Å². The van der Waals surface area contributed by atoms with E-state index >= 15 is 0 Å². The maximum absolute atomic E-state index is 12.5. The van der Waals surface area contributed by atoms with E-state index in [1.54, 1.807) is 6.07 Å². The van der Waals surface area contributed by atoms with Crippen molar-refractivity contribution >= 4 is 17.3 Å². The first-order chi connectivity index (χ1) is 9.60. The average molecular weight is 276 g/mol. The number of piperidine rings is 1. The molecule has 1 aromatic rings. The van der Waals surface area contributed by atoms with Gasteiger partial charge < -0.3 is 10.3 Å². The minimum Gasteiger partial charge on any atom is -0.335 e. The Morgan fingerprint density at radius 3 is 2.80 bits per heavy atom. The summed E-state index contributed by atoms with van der Waals surface area (Å²) in [6.45, 7) is 0.772. The first kappa shape index (κ1) is 12.9. The number of anilines is 1. The van der Waals surface area contributed by atoms with Crippen molar-refractivity contribution in [3.63, 3.8) is 0 Å². The number of hydrogen-bond donors (Lipinski definition) is 2. The highest BCUT2D eigenvalue weighted by Gasteiger charge is 2.40. The van der Waals surface area contributed by atoms with Crippen LogP contribution in [0, 0.1) is 16.0 Å². The number of nitrogens with two attached hydrogens (primary N) is 1. The molecule has 2 atom stereocenters. The molecule has 3 N–H and O–H groups in total. The van der Waals surface area contributed by atoms with E-state index in [4.69, 9.17) is 5.84 Å². The Balaban J connectivity index is 1.88. The molecule has 1 aliphatic heterocycles. The van der Waals surface area contributed by atoms with E-state index in [0.717, 1.165) is 19.4 Å². The second-order valence-electron chi connectivity index (χ2n) is 5.42. The molecule has 2 bridgehead atoms. The molecule has 1 heterocycles. The number of fused-ring (bicyclic) bond motifs is 2. The number of likely N-dealkylation sites (tertiary alicyclic amines) is 1. The number of hydrogen-bond acceptors (Lipinski definition) is 5. The van der Waals surface area contributed by atoms with Gasteiger partial charge in [-0.05, 0) is 37.3 Å². The van der Waals surface area contributed by atoms with Crippen LogP contribution in [0.3, 0.4) is 0 Å². The number of nitrogens with one attached hydrogen (secondary N) is 1. The first-order valence-corrected chi connectivity index (χ1v) is 6.66. The smallest absolute Gasteiger partial charge is 0.294 e. The molecule has 1 saturated carbocycles. The maximum Gasteiger partial charge on any atom is 0.294 e. The van der Waals surface area contributed by atoms with Gasteiger partial charge in [-0.2, -0.15) is 0 Å². The quantitative estimate of drug-likeness (QED) is 0.495. The Hall–Kier alpha value is -2.15. The van der Waals surface area contributed by atoms with E-state index in [0.29, 0.717) is 17.5 Å². The van der Waals surface area contributed by atoms with Gasteiger partial charge in [-0.1, -0.05) is 0 Å². The number of hydrazine groups is 1. The molecule has 0 spiro atoms. The first-order valence-electron chi connectivity index (χ1n) is 6.66. The van der Waals surface area contributed by atoms with Gasteiger partial charge in [-0.3, -0.25) is 20.8 Å². The summed E-state index contributed by atoms with van der Waals surface area (Å²) in [5.41, 5.74) is 2.65. The normalized spacial score (nSPS) is 23.9. The zero-order valence-electron chi connectivity index (χ0n) is 10.9. The zero-order chi connectivity index (χ0) is 14.3. The predicted octanol–water partition coefficient (Wildman–Crippen LogP) is 1.50. The molecule has 2 fully saturated rings. The number of nitrogens with zero attached hydrogens (tertiary/aromatic N) is 2. The van der Waals surface area contributed by atoms with E-state index in [2.05, 4.69) is 5.43 Å². The summed E-state index contributed by atoms with van der Waals surface area (Å²) in [6.07, 6.45) is 3.29. The summed E-state index contributed by atoms with van der Waals surface area (Å²) in [5.74, 6) is 5.72. The lowest BCUT2D eigenvalue weighted by molar-refractivity contribution is -0.384.